The average molecular weight is 282 g/mol. The quantitative estimate of drug-likeness (QED) is 0.807. The van der Waals surface area contributed by atoms with Gasteiger partial charge in [-0.15, -0.1) is 12.4 Å². The zero-order valence-electron chi connectivity index (χ0n) is 9.42. The zero-order valence-corrected chi connectivity index (χ0v) is 10.2. The van der Waals surface area contributed by atoms with Gasteiger partial charge < -0.3 is 15.2 Å². The summed E-state index contributed by atoms with van der Waals surface area (Å²) in [6.45, 7) is -3.45. The number of ether oxygens (including phenoxy) is 2. The first kappa shape index (κ1) is 16.8. The van der Waals surface area contributed by atoms with Crippen LogP contribution in [0.1, 0.15) is 5.56 Å². The second-order valence-corrected chi connectivity index (χ2v) is 3.29. The van der Waals surface area contributed by atoms with Crippen LogP contribution in [0.2, 0.25) is 0 Å². The van der Waals surface area contributed by atoms with Crippen LogP contribution in [0, 0.1) is 0 Å². The minimum atomic E-state index is -2.94. The van der Waals surface area contributed by atoms with Crippen molar-refractivity contribution < 1.29 is 23.0 Å². The number of rotatable bonds is 6. The van der Waals surface area contributed by atoms with Crippen LogP contribution < -0.4 is 5.73 Å². The molecule has 0 bridgehead atoms. The van der Waals surface area contributed by atoms with Gasteiger partial charge in [-0.25, -0.2) is 0 Å². The van der Waals surface area contributed by atoms with Gasteiger partial charge in [0.25, 0.3) is 0 Å². The van der Waals surface area contributed by atoms with Gasteiger partial charge in [0, 0.05) is 0 Å². The van der Waals surface area contributed by atoms with E-state index in [1.54, 1.807) is 24.3 Å². The highest BCUT2D eigenvalue weighted by molar-refractivity contribution is 5.85. The molecule has 0 aromatic heterocycles. The molecular weight excluding hydrogens is 268 g/mol. The van der Waals surface area contributed by atoms with Crippen LogP contribution in [0.4, 0.5) is 8.78 Å². The van der Waals surface area contributed by atoms with E-state index in [0.29, 0.717) is 0 Å². The van der Waals surface area contributed by atoms with Gasteiger partial charge in [-0.2, -0.15) is 8.78 Å². The number of hydrogen-bond acceptors (Lipinski definition) is 4. The molecule has 1 aromatic rings. The van der Waals surface area contributed by atoms with Crippen LogP contribution in [-0.4, -0.2) is 25.2 Å². The Morgan fingerprint density at radius 2 is 1.89 bits per heavy atom. The topological polar surface area (TPSA) is 61.5 Å². The minimum Gasteiger partial charge on any atom is -0.460 e. The fourth-order valence-corrected chi connectivity index (χ4v) is 1.08. The third-order valence-corrected chi connectivity index (χ3v) is 1.93. The van der Waals surface area contributed by atoms with Crippen molar-refractivity contribution >= 4 is 18.4 Å². The molecule has 0 aliphatic carbocycles. The van der Waals surface area contributed by atoms with Crippen LogP contribution in [0.3, 0.4) is 0 Å². The number of benzene rings is 1. The van der Waals surface area contributed by atoms with E-state index in [-0.39, 0.29) is 19.0 Å². The average Bonchev–Trinajstić information content (AvgIpc) is 2.34. The third kappa shape index (κ3) is 6.48. The van der Waals surface area contributed by atoms with E-state index in [1.807, 2.05) is 6.07 Å². The Bertz CT molecular complexity index is 351. The lowest BCUT2D eigenvalue weighted by Crippen LogP contribution is -2.37. The zero-order chi connectivity index (χ0) is 12.7. The molecule has 0 unspecified atom stereocenters. The summed E-state index contributed by atoms with van der Waals surface area (Å²) >= 11 is 0. The molecule has 0 fully saturated rings. The molecular formula is C11H14ClF2NO3. The fourth-order valence-electron chi connectivity index (χ4n) is 1.08. The van der Waals surface area contributed by atoms with E-state index in [1.165, 1.54) is 0 Å². The Kier molecular flexibility index (Phi) is 8.19. The molecule has 0 heterocycles. The Balaban J connectivity index is 0.00000289. The molecule has 102 valence electrons. The number of carbonyl (C=O) groups excluding carboxylic acids is 1. The van der Waals surface area contributed by atoms with Crippen molar-refractivity contribution in [3.05, 3.63) is 35.9 Å². The van der Waals surface area contributed by atoms with Gasteiger partial charge in [-0.05, 0) is 5.56 Å². The Morgan fingerprint density at radius 3 is 2.44 bits per heavy atom. The highest BCUT2D eigenvalue weighted by atomic mass is 35.5. The second kappa shape index (κ2) is 8.79. The lowest BCUT2D eigenvalue weighted by atomic mass is 10.2. The van der Waals surface area contributed by atoms with Crippen molar-refractivity contribution in [3.8, 4) is 0 Å². The first-order valence-electron chi connectivity index (χ1n) is 4.95. The summed E-state index contributed by atoms with van der Waals surface area (Å²) in [5.74, 6) is -0.769. The summed E-state index contributed by atoms with van der Waals surface area (Å²) in [6.07, 6.45) is 0. The molecule has 7 heteroatoms. The lowest BCUT2D eigenvalue weighted by Gasteiger charge is -2.11. The van der Waals surface area contributed by atoms with Crippen molar-refractivity contribution in [2.45, 2.75) is 19.3 Å². The molecule has 2 N–H and O–H groups in total. The van der Waals surface area contributed by atoms with Crippen molar-refractivity contribution in [2.24, 2.45) is 5.73 Å². The Morgan fingerprint density at radius 1 is 1.28 bits per heavy atom. The van der Waals surface area contributed by atoms with Gasteiger partial charge in [0.15, 0.2) is 0 Å². The predicted octanol–water partition coefficient (Wildman–Crippen LogP) is 1.72. The van der Waals surface area contributed by atoms with Crippen LogP contribution in [0.15, 0.2) is 30.3 Å². The highest BCUT2D eigenvalue weighted by Crippen LogP contribution is 2.02. The molecule has 18 heavy (non-hydrogen) atoms. The number of alkyl halides is 2. The van der Waals surface area contributed by atoms with Gasteiger partial charge in [-0.1, -0.05) is 30.3 Å². The maximum absolute atomic E-state index is 11.7. The largest absolute Gasteiger partial charge is 0.460 e. The van der Waals surface area contributed by atoms with Gasteiger partial charge in [0.2, 0.25) is 0 Å². The van der Waals surface area contributed by atoms with Gasteiger partial charge in [-0.3, -0.25) is 4.79 Å². The van der Waals surface area contributed by atoms with Crippen LogP contribution in [-0.2, 0) is 20.9 Å². The van der Waals surface area contributed by atoms with E-state index in [4.69, 9.17) is 10.5 Å². The predicted molar refractivity (Wildman–Crippen MR) is 63.4 cm³/mol. The number of nitrogens with two attached hydrogens (primary N) is 1. The summed E-state index contributed by atoms with van der Waals surface area (Å²) < 4.78 is 32.1. The third-order valence-electron chi connectivity index (χ3n) is 1.93. The summed E-state index contributed by atoms with van der Waals surface area (Å²) in [7, 11) is 0. The maximum atomic E-state index is 11.7. The van der Waals surface area contributed by atoms with Crippen molar-refractivity contribution in [2.75, 3.05) is 6.61 Å². The van der Waals surface area contributed by atoms with E-state index >= 15 is 0 Å². The molecule has 0 saturated heterocycles. The van der Waals surface area contributed by atoms with Gasteiger partial charge in [0.1, 0.15) is 12.6 Å². The van der Waals surface area contributed by atoms with E-state index in [9.17, 15) is 13.6 Å². The minimum absolute atomic E-state index is 0. The van der Waals surface area contributed by atoms with Crippen LogP contribution in [0.25, 0.3) is 0 Å². The van der Waals surface area contributed by atoms with E-state index < -0.39 is 25.2 Å². The molecule has 0 amide bonds. The summed E-state index contributed by atoms with van der Waals surface area (Å²) in [5.41, 5.74) is 6.09. The first-order chi connectivity index (χ1) is 8.09. The maximum Gasteiger partial charge on any atom is 0.345 e. The number of esters is 1. The number of hydrogen-bond donors (Lipinski definition) is 1. The summed E-state index contributed by atoms with van der Waals surface area (Å²) in [6, 6.07) is 7.76. The molecule has 1 atom stereocenters. The number of halogens is 3. The standard InChI is InChI=1S/C11H13F2NO3.ClH/c12-11(13)17-7-9(14)10(15)16-6-8-4-2-1-3-5-8;/h1-5,9,11H,6-7,14H2;1H/t9-;/m0./s1. The lowest BCUT2D eigenvalue weighted by molar-refractivity contribution is -0.157. The van der Waals surface area contributed by atoms with Crippen LogP contribution >= 0.6 is 12.4 Å². The van der Waals surface area contributed by atoms with E-state index in [0.717, 1.165) is 5.56 Å². The Hall–Kier alpha value is -1.24. The van der Waals surface area contributed by atoms with Gasteiger partial charge >= 0.3 is 12.6 Å². The van der Waals surface area contributed by atoms with E-state index in [2.05, 4.69) is 4.74 Å². The Labute approximate surface area is 109 Å². The second-order valence-electron chi connectivity index (χ2n) is 3.29. The van der Waals surface area contributed by atoms with Gasteiger partial charge in [0.05, 0.1) is 6.61 Å². The normalized spacial score (nSPS) is 11.8. The molecule has 0 radical (unpaired) electrons. The number of carbonyl (C=O) groups is 1. The monoisotopic (exact) mass is 281 g/mol. The van der Waals surface area contributed by atoms with Crippen molar-refractivity contribution in [1.82, 2.24) is 0 Å². The summed E-state index contributed by atoms with van der Waals surface area (Å²) in [5, 5.41) is 0. The molecule has 1 rings (SSSR count). The SMILES string of the molecule is Cl.N[C@@H](COC(F)F)C(=O)OCc1ccccc1. The smallest absolute Gasteiger partial charge is 0.345 e. The molecule has 0 aliphatic rings. The van der Waals surface area contributed by atoms with Crippen LogP contribution in [0.5, 0.6) is 0 Å². The highest BCUT2D eigenvalue weighted by Gasteiger charge is 2.17. The fraction of sp³-hybridized carbons (Fsp3) is 0.364. The van der Waals surface area contributed by atoms with Crippen molar-refractivity contribution in [1.29, 1.82) is 0 Å². The molecule has 1 aromatic carbocycles. The molecule has 4 nitrogen and oxygen atoms in total. The molecule has 0 saturated carbocycles. The molecule has 0 spiro atoms. The summed E-state index contributed by atoms with van der Waals surface area (Å²) in [4.78, 5) is 11.3. The first-order valence-corrected chi connectivity index (χ1v) is 4.95. The molecule has 0 aliphatic heterocycles. The van der Waals surface area contributed by atoms with Crippen molar-refractivity contribution in [3.63, 3.8) is 0 Å².